The third-order valence-corrected chi connectivity index (χ3v) is 3.77. The maximum Gasteiger partial charge on any atom is 0.151 e. The molecule has 104 valence electrons. The van der Waals surface area contributed by atoms with Crippen LogP contribution in [-0.4, -0.2) is 15.4 Å². The molecule has 0 fully saturated rings. The summed E-state index contributed by atoms with van der Waals surface area (Å²) in [6.07, 6.45) is 1.66. The Labute approximate surface area is 118 Å². The van der Waals surface area contributed by atoms with Crippen molar-refractivity contribution in [1.29, 1.82) is 0 Å². The first-order chi connectivity index (χ1) is 9.10. The van der Waals surface area contributed by atoms with Crippen molar-refractivity contribution in [3.63, 3.8) is 0 Å². The van der Waals surface area contributed by atoms with Gasteiger partial charge in [0.05, 0.1) is 5.52 Å². The molecule has 1 aromatic heterocycles. The number of rotatable bonds is 5. The zero-order valence-corrected chi connectivity index (χ0v) is 12.4. The van der Waals surface area contributed by atoms with Gasteiger partial charge in [0.2, 0.25) is 0 Å². The van der Waals surface area contributed by atoms with Gasteiger partial charge in [0, 0.05) is 18.3 Å². The number of hydrogen-bond donors (Lipinski definition) is 0. The van der Waals surface area contributed by atoms with Crippen LogP contribution < -0.4 is 0 Å². The van der Waals surface area contributed by atoms with Crippen molar-refractivity contribution in [3.8, 4) is 0 Å². The predicted molar refractivity (Wildman–Crippen MR) is 78.3 cm³/mol. The van der Waals surface area contributed by atoms with Gasteiger partial charge in [-0.3, -0.25) is 0 Å². The van der Waals surface area contributed by atoms with Gasteiger partial charge in [-0.25, -0.2) is 9.37 Å². The lowest BCUT2D eigenvalue weighted by Crippen LogP contribution is -2.17. The lowest BCUT2D eigenvalue weighted by atomic mass is 10.0. The van der Waals surface area contributed by atoms with Crippen LogP contribution in [0.5, 0.6) is 0 Å². The van der Waals surface area contributed by atoms with Crippen molar-refractivity contribution >= 4 is 22.6 Å². The van der Waals surface area contributed by atoms with Gasteiger partial charge in [0.25, 0.3) is 0 Å². The maximum atomic E-state index is 13.9. The van der Waals surface area contributed by atoms with Crippen LogP contribution in [0.25, 0.3) is 11.0 Å². The third-order valence-electron chi connectivity index (χ3n) is 3.58. The van der Waals surface area contributed by atoms with Gasteiger partial charge in [0.1, 0.15) is 11.3 Å². The fraction of sp³-hybridized carbons (Fsp3) is 0.533. The molecule has 2 nitrogen and oxygen atoms in total. The molecule has 0 aliphatic rings. The van der Waals surface area contributed by atoms with E-state index in [1.165, 1.54) is 6.07 Å². The molecule has 0 radical (unpaired) electrons. The second-order valence-electron chi connectivity index (χ2n) is 5.16. The summed E-state index contributed by atoms with van der Waals surface area (Å²) in [5.74, 6) is 1.60. The molecule has 1 atom stereocenters. The Balaban J connectivity index is 2.67. The summed E-state index contributed by atoms with van der Waals surface area (Å²) in [7, 11) is 0. The fourth-order valence-corrected chi connectivity index (χ4v) is 2.88. The Morgan fingerprint density at radius 1 is 1.37 bits per heavy atom. The number of fused-ring (bicyclic) bond motifs is 1. The van der Waals surface area contributed by atoms with E-state index in [0.717, 1.165) is 17.8 Å². The van der Waals surface area contributed by atoms with Crippen molar-refractivity contribution < 1.29 is 4.39 Å². The van der Waals surface area contributed by atoms with Crippen molar-refractivity contribution in [3.05, 3.63) is 29.8 Å². The summed E-state index contributed by atoms with van der Waals surface area (Å²) in [5.41, 5.74) is 1.34. The van der Waals surface area contributed by atoms with E-state index in [4.69, 9.17) is 11.6 Å². The number of para-hydroxylation sites is 1. The Kier molecular flexibility index (Phi) is 4.46. The zero-order chi connectivity index (χ0) is 14.0. The van der Waals surface area contributed by atoms with Crippen molar-refractivity contribution in [2.24, 2.45) is 5.92 Å². The first-order valence-electron chi connectivity index (χ1n) is 6.81. The fourth-order valence-electron chi connectivity index (χ4n) is 2.71. The minimum atomic E-state index is -0.259. The molecule has 2 aromatic rings. The normalized spacial score (nSPS) is 13.4. The standard InChI is InChI=1S/C15H20ClFN2/c1-4-12(10(2)3)19-13-7-5-6-11(17)15(13)18-14(19)8-9-16/h5-7,10,12H,4,8-9H2,1-3H3. The number of nitrogens with zero attached hydrogens (tertiary/aromatic N) is 2. The Morgan fingerprint density at radius 3 is 2.68 bits per heavy atom. The highest BCUT2D eigenvalue weighted by molar-refractivity contribution is 6.17. The van der Waals surface area contributed by atoms with Gasteiger partial charge < -0.3 is 4.57 Å². The Bertz CT molecular complexity index is 563. The summed E-state index contributed by atoms with van der Waals surface area (Å²) in [4.78, 5) is 4.46. The third kappa shape index (κ3) is 2.62. The Hall–Kier alpha value is -1.09. The van der Waals surface area contributed by atoms with Gasteiger partial charge in [-0.2, -0.15) is 0 Å². The molecule has 0 N–H and O–H groups in total. The maximum absolute atomic E-state index is 13.9. The van der Waals surface area contributed by atoms with Crippen LogP contribution >= 0.6 is 11.6 Å². The molecule has 19 heavy (non-hydrogen) atoms. The highest BCUT2D eigenvalue weighted by Gasteiger charge is 2.21. The van der Waals surface area contributed by atoms with Gasteiger partial charge in [-0.1, -0.05) is 26.8 Å². The number of hydrogen-bond acceptors (Lipinski definition) is 1. The highest BCUT2D eigenvalue weighted by Crippen LogP contribution is 2.29. The van der Waals surface area contributed by atoms with Crippen LogP contribution in [-0.2, 0) is 6.42 Å². The van der Waals surface area contributed by atoms with E-state index in [9.17, 15) is 4.39 Å². The second kappa shape index (κ2) is 5.91. The van der Waals surface area contributed by atoms with Crippen LogP contribution in [0.1, 0.15) is 39.1 Å². The van der Waals surface area contributed by atoms with E-state index in [-0.39, 0.29) is 5.82 Å². The summed E-state index contributed by atoms with van der Waals surface area (Å²) in [6.45, 7) is 6.52. The minimum Gasteiger partial charge on any atom is -0.324 e. The van der Waals surface area contributed by atoms with E-state index in [2.05, 4.69) is 30.3 Å². The average Bonchev–Trinajstić information content (AvgIpc) is 2.71. The predicted octanol–water partition coefficient (Wildman–Crippen LogP) is 4.56. The van der Waals surface area contributed by atoms with Crippen LogP contribution in [0.3, 0.4) is 0 Å². The molecule has 0 aliphatic heterocycles. The number of benzene rings is 1. The average molecular weight is 283 g/mol. The quantitative estimate of drug-likeness (QED) is 0.735. The number of imidazole rings is 1. The molecule has 0 aliphatic carbocycles. The Morgan fingerprint density at radius 2 is 2.11 bits per heavy atom. The first-order valence-corrected chi connectivity index (χ1v) is 7.34. The summed E-state index contributed by atoms with van der Waals surface area (Å²) < 4.78 is 16.1. The highest BCUT2D eigenvalue weighted by atomic mass is 35.5. The first kappa shape index (κ1) is 14.3. The molecular weight excluding hydrogens is 263 g/mol. The molecule has 2 rings (SSSR count). The van der Waals surface area contributed by atoms with Crippen LogP contribution in [0, 0.1) is 11.7 Å². The number of aryl methyl sites for hydroxylation is 1. The van der Waals surface area contributed by atoms with Gasteiger partial charge in [0.15, 0.2) is 5.82 Å². The molecule has 4 heteroatoms. The van der Waals surface area contributed by atoms with E-state index >= 15 is 0 Å². The van der Waals surface area contributed by atoms with Crippen LogP contribution in [0.15, 0.2) is 18.2 Å². The molecule has 1 unspecified atom stereocenters. The zero-order valence-electron chi connectivity index (χ0n) is 11.7. The monoisotopic (exact) mass is 282 g/mol. The molecular formula is C15H20ClFN2. The molecule has 0 bridgehead atoms. The summed E-state index contributed by atoms with van der Waals surface area (Å²) in [5, 5.41) is 0. The van der Waals surface area contributed by atoms with E-state index in [0.29, 0.717) is 29.8 Å². The van der Waals surface area contributed by atoms with Gasteiger partial charge >= 0.3 is 0 Å². The van der Waals surface area contributed by atoms with Gasteiger partial charge in [-0.05, 0) is 24.5 Å². The molecule has 0 saturated heterocycles. The lowest BCUT2D eigenvalue weighted by molar-refractivity contribution is 0.365. The van der Waals surface area contributed by atoms with Crippen molar-refractivity contribution in [2.45, 2.75) is 39.7 Å². The lowest BCUT2D eigenvalue weighted by Gasteiger charge is -2.24. The number of aromatic nitrogens is 2. The van der Waals surface area contributed by atoms with Crippen molar-refractivity contribution in [2.75, 3.05) is 5.88 Å². The molecule has 1 aromatic carbocycles. The SMILES string of the molecule is CCC(C(C)C)n1c(CCCl)nc2c(F)cccc21. The summed E-state index contributed by atoms with van der Waals surface area (Å²) in [6, 6.07) is 5.46. The van der Waals surface area contributed by atoms with Crippen LogP contribution in [0.2, 0.25) is 0 Å². The van der Waals surface area contributed by atoms with Crippen molar-refractivity contribution in [1.82, 2.24) is 9.55 Å². The topological polar surface area (TPSA) is 17.8 Å². The van der Waals surface area contributed by atoms with Crippen LogP contribution in [0.4, 0.5) is 4.39 Å². The minimum absolute atomic E-state index is 0.259. The second-order valence-corrected chi connectivity index (χ2v) is 5.54. The van der Waals surface area contributed by atoms with Gasteiger partial charge in [-0.15, -0.1) is 11.6 Å². The van der Waals surface area contributed by atoms with E-state index in [1.54, 1.807) is 6.07 Å². The summed E-state index contributed by atoms with van der Waals surface area (Å²) >= 11 is 5.86. The number of alkyl halides is 1. The molecule has 0 saturated carbocycles. The smallest absolute Gasteiger partial charge is 0.151 e. The van der Waals surface area contributed by atoms with E-state index < -0.39 is 0 Å². The number of halogens is 2. The van der Waals surface area contributed by atoms with E-state index in [1.807, 2.05) is 6.07 Å². The molecule has 1 heterocycles. The molecule has 0 amide bonds. The largest absolute Gasteiger partial charge is 0.324 e. The molecule has 0 spiro atoms.